The maximum Gasteiger partial charge on any atom is 0.229 e. The Morgan fingerprint density at radius 1 is 1.00 bits per heavy atom. The normalized spacial score (nSPS) is 20.2. The fraction of sp³-hybridized carbons (Fsp3) is 0.417. The number of benzene rings is 2. The van der Waals surface area contributed by atoms with Crippen molar-refractivity contribution in [2.24, 2.45) is 11.8 Å². The van der Waals surface area contributed by atoms with Gasteiger partial charge in [-0.1, -0.05) is 37.3 Å². The molecule has 1 N–H and O–H groups in total. The van der Waals surface area contributed by atoms with Crippen LogP contribution in [0.5, 0.6) is 0 Å². The maximum absolute atomic E-state index is 13.0. The van der Waals surface area contributed by atoms with Gasteiger partial charge in [-0.3, -0.25) is 9.59 Å². The lowest BCUT2D eigenvalue weighted by Gasteiger charge is -2.33. The number of aryl methyl sites for hydroxylation is 1. The molecule has 2 aromatic rings. The van der Waals surface area contributed by atoms with Gasteiger partial charge in [0.05, 0.1) is 17.3 Å². The number of rotatable bonds is 4. The maximum atomic E-state index is 13.0. The van der Waals surface area contributed by atoms with Gasteiger partial charge in [-0.2, -0.15) is 0 Å². The molecule has 29 heavy (non-hydrogen) atoms. The van der Waals surface area contributed by atoms with E-state index >= 15 is 0 Å². The fourth-order valence-electron chi connectivity index (χ4n) is 4.32. The Balaban J connectivity index is 1.47. The molecule has 1 atom stereocenters. The number of para-hydroxylation sites is 3. The number of carbonyl (C=O) groups excluding carboxylic acids is 2. The average molecular weight is 392 g/mol. The Kier molecular flexibility index (Phi) is 5.56. The second-order valence-electron chi connectivity index (χ2n) is 8.37. The van der Waals surface area contributed by atoms with Crippen LogP contribution in [0.1, 0.15) is 31.7 Å². The molecule has 0 unspecified atom stereocenters. The number of piperidine rings is 1. The first-order chi connectivity index (χ1) is 14.0. The van der Waals surface area contributed by atoms with Crippen molar-refractivity contribution in [1.29, 1.82) is 0 Å². The summed E-state index contributed by atoms with van der Waals surface area (Å²) in [5, 5.41) is 3.11. The highest BCUT2D eigenvalue weighted by Crippen LogP contribution is 2.32. The van der Waals surface area contributed by atoms with Crippen LogP contribution in [0.4, 0.5) is 17.1 Å². The van der Waals surface area contributed by atoms with E-state index in [-0.39, 0.29) is 24.2 Å². The second-order valence-corrected chi connectivity index (χ2v) is 8.37. The molecule has 2 amide bonds. The zero-order valence-corrected chi connectivity index (χ0v) is 17.2. The molecule has 2 aliphatic heterocycles. The lowest BCUT2D eigenvalue weighted by Crippen LogP contribution is -2.34. The van der Waals surface area contributed by atoms with Gasteiger partial charge in [-0.25, -0.2) is 0 Å². The van der Waals surface area contributed by atoms with E-state index in [9.17, 15) is 9.59 Å². The van der Waals surface area contributed by atoms with Crippen LogP contribution in [0.25, 0.3) is 0 Å². The highest BCUT2D eigenvalue weighted by molar-refractivity contribution is 6.04. The minimum Gasteiger partial charge on any atom is -0.370 e. The fourth-order valence-corrected chi connectivity index (χ4v) is 4.32. The topological polar surface area (TPSA) is 52.7 Å². The first kappa shape index (κ1) is 19.5. The summed E-state index contributed by atoms with van der Waals surface area (Å²) in [4.78, 5) is 29.7. The van der Waals surface area contributed by atoms with Crippen molar-refractivity contribution in [1.82, 2.24) is 0 Å². The SMILES string of the molecule is Cc1ccccc1N1C[C@@H](C(=O)Nc2ccccc2N2CCC(C)CC2)CC1=O. The smallest absolute Gasteiger partial charge is 0.229 e. The molecule has 2 saturated heterocycles. The highest BCUT2D eigenvalue weighted by Gasteiger charge is 2.36. The van der Waals surface area contributed by atoms with Crippen molar-refractivity contribution < 1.29 is 9.59 Å². The Morgan fingerprint density at radius 2 is 1.66 bits per heavy atom. The molecule has 0 spiro atoms. The summed E-state index contributed by atoms with van der Waals surface area (Å²) in [6.07, 6.45) is 2.60. The zero-order chi connectivity index (χ0) is 20.4. The number of hydrogen-bond donors (Lipinski definition) is 1. The quantitative estimate of drug-likeness (QED) is 0.849. The van der Waals surface area contributed by atoms with Crippen molar-refractivity contribution in [2.75, 3.05) is 34.8 Å². The van der Waals surface area contributed by atoms with Crippen LogP contribution in [0.3, 0.4) is 0 Å². The van der Waals surface area contributed by atoms with Crippen LogP contribution in [-0.4, -0.2) is 31.4 Å². The van der Waals surface area contributed by atoms with Gasteiger partial charge >= 0.3 is 0 Å². The number of carbonyl (C=O) groups is 2. The van der Waals surface area contributed by atoms with Crippen LogP contribution in [-0.2, 0) is 9.59 Å². The Hall–Kier alpha value is -2.82. The Labute approximate surface area is 172 Å². The monoisotopic (exact) mass is 391 g/mol. The van der Waals surface area contributed by atoms with E-state index in [0.29, 0.717) is 6.54 Å². The van der Waals surface area contributed by atoms with Crippen LogP contribution < -0.4 is 15.1 Å². The lowest BCUT2D eigenvalue weighted by atomic mass is 9.98. The zero-order valence-electron chi connectivity index (χ0n) is 17.2. The first-order valence-electron chi connectivity index (χ1n) is 10.5. The summed E-state index contributed by atoms with van der Waals surface area (Å²) >= 11 is 0. The molecule has 0 saturated carbocycles. The molecule has 2 aliphatic rings. The number of anilines is 3. The van der Waals surface area contributed by atoms with Gasteiger partial charge in [0.2, 0.25) is 11.8 Å². The molecule has 0 radical (unpaired) electrons. The molecule has 5 heteroatoms. The Morgan fingerprint density at radius 3 is 2.38 bits per heavy atom. The highest BCUT2D eigenvalue weighted by atomic mass is 16.2. The van der Waals surface area contributed by atoms with Gasteiger partial charge in [-0.15, -0.1) is 0 Å². The first-order valence-corrected chi connectivity index (χ1v) is 10.5. The number of amides is 2. The van der Waals surface area contributed by atoms with E-state index < -0.39 is 0 Å². The second kappa shape index (κ2) is 8.27. The number of hydrogen-bond acceptors (Lipinski definition) is 3. The molecule has 0 bridgehead atoms. The van der Waals surface area contributed by atoms with Gasteiger partial charge in [0, 0.05) is 31.7 Å². The third-order valence-electron chi connectivity index (χ3n) is 6.19. The summed E-state index contributed by atoms with van der Waals surface area (Å²) in [5.41, 5.74) is 3.86. The van der Waals surface area contributed by atoms with Crippen molar-refractivity contribution >= 4 is 28.9 Å². The average Bonchev–Trinajstić information content (AvgIpc) is 3.11. The molecule has 0 aliphatic carbocycles. The summed E-state index contributed by atoms with van der Waals surface area (Å²) in [6, 6.07) is 15.8. The number of nitrogens with one attached hydrogen (secondary N) is 1. The largest absolute Gasteiger partial charge is 0.370 e. The molecular formula is C24H29N3O2. The molecule has 5 nitrogen and oxygen atoms in total. The van der Waals surface area contributed by atoms with Crippen LogP contribution >= 0.6 is 0 Å². The minimum atomic E-state index is -0.337. The molecule has 152 valence electrons. The van der Waals surface area contributed by atoms with E-state index in [1.807, 2.05) is 49.4 Å². The van der Waals surface area contributed by atoms with Crippen molar-refractivity contribution in [2.45, 2.75) is 33.1 Å². The summed E-state index contributed by atoms with van der Waals surface area (Å²) < 4.78 is 0. The van der Waals surface area contributed by atoms with Crippen molar-refractivity contribution in [3.63, 3.8) is 0 Å². The molecular weight excluding hydrogens is 362 g/mol. The van der Waals surface area contributed by atoms with E-state index in [2.05, 4.69) is 23.2 Å². The van der Waals surface area contributed by atoms with E-state index in [4.69, 9.17) is 0 Å². The summed E-state index contributed by atoms with van der Waals surface area (Å²) in [6.45, 7) is 6.74. The molecule has 0 aromatic heterocycles. The van der Waals surface area contributed by atoms with Gasteiger partial charge in [0.1, 0.15) is 0 Å². The summed E-state index contributed by atoms with van der Waals surface area (Å²) in [7, 11) is 0. The van der Waals surface area contributed by atoms with Crippen LogP contribution in [0, 0.1) is 18.8 Å². The van der Waals surface area contributed by atoms with E-state index in [1.54, 1.807) is 4.90 Å². The van der Waals surface area contributed by atoms with E-state index in [1.165, 1.54) is 12.8 Å². The van der Waals surface area contributed by atoms with Crippen molar-refractivity contribution in [3.8, 4) is 0 Å². The predicted molar refractivity (Wildman–Crippen MR) is 117 cm³/mol. The van der Waals surface area contributed by atoms with E-state index in [0.717, 1.165) is 41.6 Å². The third kappa shape index (κ3) is 4.14. The van der Waals surface area contributed by atoms with Crippen LogP contribution in [0.2, 0.25) is 0 Å². The minimum absolute atomic E-state index is 0.0118. The molecule has 2 fully saturated rings. The Bertz CT molecular complexity index is 903. The molecule has 2 heterocycles. The summed E-state index contributed by atoms with van der Waals surface area (Å²) in [5.74, 6) is 0.353. The van der Waals surface area contributed by atoms with Gasteiger partial charge in [-0.05, 0) is 49.4 Å². The predicted octanol–water partition coefficient (Wildman–Crippen LogP) is 4.22. The molecule has 2 aromatic carbocycles. The van der Waals surface area contributed by atoms with Crippen molar-refractivity contribution in [3.05, 3.63) is 54.1 Å². The van der Waals surface area contributed by atoms with Gasteiger partial charge in [0.15, 0.2) is 0 Å². The van der Waals surface area contributed by atoms with Gasteiger partial charge < -0.3 is 15.1 Å². The van der Waals surface area contributed by atoms with Crippen LogP contribution in [0.15, 0.2) is 48.5 Å². The van der Waals surface area contributed by atoms with Gasteiger partial charge in [0.25, 0.3) is 0 Å². The lowest BCUT2D eigenvalue weighted by molar-refractivity contribution is -0.122. The number of nitrogens with zero attached hydrogens (tertiary/aromatic N) is 2. The standard InChI is InChI=1S/C24H29N3O2/c1-17-11-13-26(14-12-17)22-10-6-4-8-20(22)25-24(29)19-15-23(28)27(16-19)21-9-5-3-7-18(21)2/h3-10,17,19H,11-16H2,1-2H3,(H,25,29)/t19-/m0/s1. The third-order valence-corrected chi connectivity index (χ3v) is 6.19. The molecule has 4 rings (SSSR count).